The van der Waals surface area contributed by atoms with Crippen LogP contribution in [0.5, 0.6) is 0 Å². The molecule has 0 spiro atoms. The molecule has 5 aromatic heterocycles. The van der Waals surface area contributed by atoms with Crippen molar-refractivity contribution in [2.45, 2.75) is 32.2 Å². The molecule has 1 aliphatic heterocycles. The number of aromatic amines is 1. The van der Waals surface area contributed by atoms with E-state index in [0.717, 1.165) is 27.4 Å². The Labute approximate surface area is 220 Å². The van der Waals surface area contributed by atoms with Gasteiger partial charge in [0.2, 0.25) is 5.82 Å². The molecule has 12 nitrogen and oxygen atoms in total. The van der Waals surface area contributed by atoms with Crippen LogP contribution in [-0.2, 0) is 6.42 Å². The number of nitriles is 1. The predicted octanol–water partition coefficient (Wildman–Crippen LogP) is 3.24. The zero-order valence-electron chi connectivity index (χ0n) is 20.2. The number of aromatic nitrogens is 8. The number of amides is 1. The minimum absolute atomic E-state index is 0.106. The third-order valence-corrected chi connectivity index (χ3v) is 7.27. The Morgan fingerprint density at radius 3 is 2.92 bits per heavy atom. The Morgan fingerprint density at radius 1 is 1.32 bits per heavy atom. The van der Waals surface area contributed by atoms with Crippen molar-refractivity contribution in [3.63, 3.8) is 0 Å². The highest BCUT2D eigenvalue weighted by Crippen LogP contribution is 2.30. The van der Waals surface area contributed by atoms with Crippen LogP contribution in [0.2, 0.25) is 0 Å². The van der Waals surface area contributed by atoms with Crippen LogP contribution in [0.3, 0.4) is 0 Å². The van der Waals surface area contributed by atoms with E-state index in [1.807, 2.05) is 30.6 Å². The molecule has 1 aliphatic rings. The van der Waals surface area contributed by atoms with E-state index in [-0.39, 0.29) is 29.2 Å². The number of carbonyl (C=O) groups is 1. The first kappa shape index (κ1) is 23.4. The summed E-state index contributed by atoms with van der Waals surface area (Å²) in [5, 5.41) is 24.6. The van der Waals surface area contributed by atoms with Crippen LogP contribution in [0, 0.1) is 11.3 Å². The zero-order valence-corrected chi connectivity index (χ0v) is 21.1. The average Bonchev–Trinajstić information content (AvgIpc) is 3.74. The number of nitrogens with zero attached hydrogens (tertiary/aromatic N) is 9. The summed E-state index contributed by atoms with van der Waals surface area (Å²) in [7, 11) is 0. The molecule has 6 rings (SSSR count). The van der Waals surface area contributed by atoms with E-state index in [1.165, 1.54) is 22.2 Å². The second-order valence-corrected chi connectivity index (χ2v) is 9.81. The molecule has 1 amide bonds. The van der Waals surface area contributed by atoms with Gasteiger partial charge in [0.25, 0.3) is 5.91 Å². The van der Waals surface area contributed by atoms with E-state index in [4.69, 9.17) is 10.7 Å². The van der Waals surface area contributed by atoms with Crippen molar-refractivity contribution in [1.82, 2.24) is 44.6 Å². The maximum absolute atomic E-state index is 12.9. The van der Waals surface area contributed by atoms with Gasteiger partial charge in [0.1, 0.15) is 28.8 Å². The second-order valence-electron chi connectivity index (χ2n) is 8.92. The van der Waals surface area contributed by atoms with Crippen LogP contribution in [0.15, 0.2) is 54.2 Å². The van der Waals surface area contributed by atoms with Crippen molar-refractivity contribution < 1.29 is 4.79 Å². The summed E-state index contributed by atoms with van der Waals surface area (Å²) in [5.41, 5.74) is 11.2. The van der Waals surface area contributed by atoms with Crippen LogP contribution in [0.4, 0.5) is 5.82 Å². The Bertz CT molecular complexity index is 1700. The van der Waals surface area contributed by atoms with Crippen molar-refractivity contribution in [3.8, 4) is 27.9 Å². The molecule has 1 atom stereocenters. The van der Waals surface area contributed by atoms with Crippen molar-refractivity contribution in [3.05, 3.63) is 71.3 Å². The molecule has 38 heavy (non-hydrogen) atoms. The summed E-state index contributed by atoms with van der Waals surface area (Å²) in [6, 6.07) is 5.92. The van der Waals surface area contributed by atoms with Gasteiger partial charge in [-0.05, 0) is 32.3 Å². The lowest BCUT2D eigenvalue weighted by atomic mass is 10.0. The molecular weight excluding hydrogens is 502 g/mol. The van der Waals surface area contributed by atoms with Gasteiger partial charge in [-0.15, -0.1) is 21.5 Å². The van der Waals surface area contributed by atoms with Gasteiger partial charge < -0.3 is 15.6 Å². The lowest BCUT2D eigenvalue weighted by molar-refractivity contribution is 0.0767. The molecule has 188 valence electrons. The summed E-state index contributed by atoms with van der Waals surface area (Å²) in [4.78, 5) is 31.0. The van der Waals surface area contributed by atoms with Crippen LogP contribution >= 0.6 is 11.3 Å². The van der Waals surface area contributed by atoms with E-state index < -0.39 is 0 Å². The minimum Gasteiger partial charge on any atom is -0.382 e. The lowest BCUT2D eigenvalue weighted by Crippen LogP contribution is -2.34. The van der Waals surface area contributed by atoms with E-state index in [2.05, 4.69) is 36.3 Å². The van der Waals surface area contributed by atoms with Gasteiger partial charge in [-0.25, -0.2) is 9.97 Å². The number of nitrogens with two attached hydrogens (primary N) is 1. The van der Waals surface area contributed by atoms with E-state index in [0.29, 0.717) is 30.6 Å². The van der Waals surface area contributed by atoms with Crippen LogP contribution in [0.25, 0.3) is 27.5 Å². The second kappa shape index (κ2) is 9.49. The number of rotatable bonds is 6. The fraction of sp³-hybridized carbons (Fsp3) is 0.200. The number of fused-ring (bicyclic) bond motifs is 1. The highest BCUT2D eigenvalue weighted by Gasteiger charge is 2.30. The Kier molecular flexibility index (Phi) is 5.85. The maximum atomic E-state index is 12.9. The predicted molar refractivity (Wildman–Crippen MR) is 139 cm³/mol. The monoisotopic (exact) mass is 523 g/mol. The van der Waals surface area contributed by atoms with Crippen LogP contribution < -0.4 is 5.73 Å². The Balaban J connectivity index is 1.30. The maximum Gasteiger partial charge on any atom is 0.295 e. The first-order valence-corrected chi connectivity index (χ1v) is 12.7. The molecule has 3 N–H and O–H groups in total. The summed E-state index contributed by atoms with van der Waals surface area (Å²) in [6.07, 6.45) is 10.1. The third-order valence-electron chi connectivity index (χ3n) is 6.47. The molecule has 0 saturated heterocycles. The largest absolute Gasteiger partial charge is 0.382 e. The highest BCUT2D eigenvalue weighted by molar-refractivity contribution is 7.13. The van der Waals surface area contributed by atoms with Gasteiger partial charge in [-0.2, -0.15) is 14.9 Å². The minimum atomic E-state index is -0.250. The first-order chi connectivity index (χ1) is 18.5. The number of pyridine rings is 1. The summed E-state index contributed by atoms with van der Waals surface area (Å²) in [6.45, 7) is 1.98. The standard InChI is InChI=1S/C25H21N11OS/c1-14-8-16(35(12-14)25(37)22-30-13-31-34-22)3-5-19-17(9-26)21(27)36-23(33-19)18(11-32-36)15-2-4-20(29-10-15)24-28-6-7-38-24/h2,4,6-7,10-13,16H,3,5,8,27H2,1H3,(H,30,31,34). The number of hydrogen-bond acceptors (Lipinski definition) is 10. The SMILES string of the molecule is CC1=CN(C(=O)c2nnc[nH]2)C(CCc2nc3c(-c4ccc(-c5nccs5)nc4)cnn3c(N)c2C#N)C1. The Hall–Kier alpha value is -4.96. The smallest absolute Gasteiger partial charge is 0.295 e. The van der Waals surface area contributed by atoms with Crippen LogP contribution in [0.1, 0.15) is 41.6 Å². The zero-order chi connectivity index (χ0) is 26.2. The molecular formula is C25H21N11OS. The van der Waals surface area contributed by atoms with Crippen LogP contribution in [-0.4, -0.2) is 56.6 Å². The third kappa shape index (κ3) is 4.06. The summed E-state index contributed by atoms with van der Waals surface area (Å²) in [5.74, 6) is 0.154. The number of anilines is 1. The van der Waals surface area contributed by atoms with E-state index >= 15 is 0 Å². The number of aryl methyl sites for hydroxylation is 1. The summed E-state index contributed by atoms with van der Waals surface area (Å²) >= 11 is 1.52. The molecule has 0 bridgehead atoms. The van der Waals surface area contributed by atoms with E-state index in [1.54, 1.807) is 23.5 Å². The number of thiazole rings is 1. The van der Waals surface area contributed by atoms with E-state index in [9.17, 15) is 10.1 Å². The molecule has 0 aliphatic carbocycles. The number of nitrogens with one attached hydrogen (secondary N) is 1. The van der Waals surface area contributed by atoms with Crippen molar-refractivity contribution in [1.29, 1.82) is 5.26 Å². The topological polar surface area (TPSA) is 168 Å². The van der Waals surface area contributed by atoms with Gasteiger partial charge in [0, 0.05) is 41.1 Å². The van der Waals surface area contributed by atoms with Gasteiger partial charge in [-0.3, -0.25) is 9.78 Å². The number of carbonyl (C=O) groups excluding carboxylic acids is 1. The molecule has 13 heteroatoms. The van der Waals surface area contributed by atoms with Crippen molar-refractivity contribution in [2.24, 2.45) is 0 Å². The molecule has 0 aromatic carbocycles. The molecule has 6 heterocycles. The highest BCUT2D eigenvalue weighted by atomic mass is 32.1. The molecule has 0 fully saturated rings. The molecule has 5 aromatic rings. The van der Waals surface area contributed by atoms with Gasteiger partial charge >= 0.3 is 0 Å². The number of H-pyrrole nitrogens is 1. The quantitative estimate of drug-likeness (QED) is 0.339. The molecule has 1 unspecified atom stereocenters. The van der Waals surface area contributed by atoms with Crippen molar-refractivity contribution >= 4 is 28.7 Å². The van der Waals surface area contributed by atoms with Gasteiger partial charge in [0.15, 0.2) is 5.65 Å². The summed E-state index contributed by atoms with van der Waals surface area (Å²) < 4.78 is 1.48. The average molecular weight is 524 g/mol. The van der Waals surface area contributed by atoms with Crippen molar-refractivity contribution in [2.75, 3.05) is 5.73 Å². The fourth-order valence-corrected chi connectivity index (χ4v) is 5.28. The first-order valence-electron chi connectivity index (χ1n) is 11.8. The molecule has 0 saturated carbocycles. The molecule has 0 radical (unpaired) electrons. The Morgan fingerprint density at radius 2 is 2.21 bits per heavy atom. The normalized spacial score (nSPS) is 15.1. The lowest BCUT2D eigenvalue weighted by Gasteiger charge is -2.23. The number of nitrogen functional groups attached to an aromatic ring is 1. The fourth-order valence-electron chi connectivity index (χ4n) is 4.67. The van der Waals surface area contributed by atoms with Gasteiger partial charge in [0.05, 0.1) is 17.6 Å². The number of hydrogen-bond donors (Lipinski definition) is 2. The van der Waals surface area contributed by atoms with Gasteiger partial charge in [-0.1, -0.05) is 11.6 Å².